The van der Waals surface area contributed by atoms with Gasteiger partial charge in [-0.2, -0.15) is 0 Å². The number of carboxylic acid groups (broad SMARTS) is 1. The highest BCUT2D eigenvalue weighted by molar-refractivity contribution is 7.85. The van der Waals surface area contributed by atoms with Crippen LogP contribution in [0, 0.1) is 11.7 Å². The molecule has 1 aliphatic rings. The predicted octanol–water partition coefficient (Wildman–Crippen LogP) is 3.60. The average Bonchev–Trinajstić information content (AvgIpc) is 2.46. The van der Waals surface area contributed by atoms with Crippen molar-refractivity contribution in [3.05, 3.63) is 29.6 Å². The summed E-state index contributed by atoms with van der Waals surface area (Å²) in [6.45, 7) is 2.06. The second kappa shape index (κ2) is 6.48. The standard InChI is InChI=1S/C15H19FO3S/c1-2-10-5-3-4-6-13(10)20(19)14-9-11(15(17)18)7-8-12(14)16/h7-10,13H,2-6H2,1H3,(H,17,18). The van der Waals surface area contributed by atoms with Crippen LogP contribution < -0.4 is 0 Å². The Morgan fingerprint density at radius 3 is 2.75 bits per heavy atom. The van der Waals surface area contributed by atoms with Crippen LogP contribution in [0.15, 0.2) is 23.1 Å². The second-order valence-electron chi connectivity index (χ2n) is 5.24. The Balaban J connectivity index is 2.32. The van der Waals surface area contributed by atoms with E-state index in [0.29, 0.717) is 5.92 Å². The van der Waals surface area contributed by atoms with Crippen molar-refractivity contribution >= 4 is 16.8 Å². The molecule has 1 aliphatic carbocycles. The molecule has 0 aromatic heterocycles. The number of halogens is 1. The van der Waals surface area contributed by atoms with Crippen molar-refractivity contribution in [3.63, 3.8) is 0 Å². The summed E-state index contributed by atoms with van der Waals surface area (Å²) < 4.78 is 26.5. The fourth-order valence-corrected chi connectivity index (χ4v) is 4.76. The molecule has 0 amide bonds. The summed E-state index contributed by atoms with van der Waals surface area (Å²) in [5.41, 5.74) is -0.0152. The maximum Gasteiger partial charge on any atom is 0.335 e. The van der Waals surface area contributed by atoms with E-state index in [9.17, 15) is 13.4 Å². The van der Waals surface area contributed by atoms with E-state index < -0.39 is 22.6 Å². The molecule has 0 heterocycles. The highest BCUT2D eigenvalue weighted by Crippen LogP contribution is 2.33. The van der Waals surface area contributed by atoms with Gasteiger partial charge in [-0.25, -0.2) is 9.18 Å². The fourth-order valence-electron chi connectivity index (χ4n) is 2.88. The second-order valence-corrected chi connectivity index (χ2v) is 6.88. The van der Waals surface area contributed by atoms with Crippen molar-refractivity contribution < 1.29 is 18.5 Å². The normalized spacial score (nSPS) is 24.3. The molecule has 1 N–H and O–H groups in total. The van der Waals surface area contributed by atoms with Crippen molar-refractivity contribution in [2.24, 2.45) is 5.92 Å². The Bertz CT molecular complexity index is 530. The van der Waals surface area contributed by atoms with Crippen LogP contribution >= 0.6 is 0 Å². The van der Waals surface area contributed by atoms with Crippen molar-refractivity contribution in [1.29, 1.82) is 0 Å². The van der Waals surface area contributed by atoms with E-state index in [-0.39, 0.29) is 15.7 Å². The van der Waals surface area contributed by atoms with Crippen LogP contribution in [0.4, 0.5) is 4.39 Å². The van der Waals surface area contributed by atoms with Gasteiger partial charge in [0.15, 0.2) is 0 Å². The number of carboxylic acids is 1. The first-order valence-corrected chi connectivity index (χ1v) is 8.19. The third kappa shape index (κ3) is 3.08. The summed E-state index contributed by atoms with van der Waals surface area (Å²) in [5.74, 6) is -1.37. The first-order chi connectivity index (χ1) is 9.54. The van der Waals surface area contributed by atoms with E-state index in [1.807, 2.05) is 0 Å². The monoisotopic (exact) mass is 298 g/mol. The summed E-state index contributed by atoms with van der Waals surface area (Å²) >= 11 is 0. The topological polar surface area (TPSA) is 54.4 Å². The summed E-state index contributed by atoms with van der Waals surface area (Å²) in [6, 6.07) is 3.52. The van der Waals surface area contributed by atoms with E-state index in [2.05, 4.69) is 6.92 Å². The Morgan fingerprint density at radius 2 is 2.10 bits per heavy atom. The number of benzene rings is 1. The molecule has 3 unspecified atom stereocenters. The largest absolute Gasteiger partial charge is 0.478 e. The molecule has 1 aromatic carbocycles. The van der Waals surface area contributed by atoms with Gasteiger partial charge in [0.05, 0.1) is 21.3 Å². The highest BCUT2D eigenvalue weighted by atomic mass is 32.2. The smallest absolute Gasteiger partial charge is 0.335 e. The zero-order valence-corrected chi connectivity index (χ0v) is 12.3. The number of rotatable bonds is 4. The van der Waals surface area contributed by atoms with Crippen molar-refractivity contribution in [3.8, 4) is 0 Å². The number of aromatic carboxylic acids is 1. The van der Waals surface area contributed by atoms with E-state index in [1.165, 1.54) is 12.1 Å². The van der Waals surface area contributed by atoms with Gasteiger partial charge in [0.1, 0.15) is 5.82 Å². The van der Waals surface area contributed by atoms with Crippen LogP contribution in [-0.4, -0.2) is 20.5 Å². The summed E-state index contributed by atoms with van der Waals surface area (Å²) in [7, 11) is -1.48. The first-order valence-electron chi connectivity index (χ1n) is 6.98. The molecular weight excluding hydrogens is 279 g/mol. The SMILES string of the molecule is CCC1CCCCC1S(=O)c1cc(C(=O)O)ccc1F. The van der Waals surface area contributed by atoms with Gasteiger partial charge in [-0.3, -0.25) is 4.21 Å². The maximum absolute atomic E-state index is 13.9. The molecule has 0 spiro atoms. The van der Waals surface area contributed by atoms with Crippen LogP contribution in [0.3, 0.4) is 0 Å². The zero-order valence-electron chi connectivity index (χ0n) is 11.5. The minimum atomic E-state index is -1.48. The molecule has 0 bridgehead atoms. The van der Waals surface area contributed by atoms with E-state index in [1.54, 1.807) is 0 Å². The van der Waals surface area contributed by atoms with Crippen LogP contribution in [0.2, 0.25) is 0 Å². The van der Waals surface area contributed by atoms with E-state index in [4.69, 9.17) is 5.11 Å². The Kier molecular flexibility index (Phi) is 4.91. The molecule has 2 rings (SSSR count). The van der Waals surface area contributed by atoms with Crippen molar-refractivity contribution in [2.45, 2.75) is 49.2 Å². The van der Waals surface area contributed by atoms with Gasteiger partial charge in [-0.15, -0.1) is 0 Å². The third-order valence-corrected chi connectivity index (χ3v) is 5.95. The van der Waals surface area contributed by atoms with E-state index >= 15 is 0 Å². The van der Waals surface area contributed by atoms with Gasteiger partial charge in [0.2, 0.25) is 0 Å². The van der Waals surface area contributed by atoms with Crippen LogP contribution in [0.1, 0.15) is 49.4 Å². The molecule has 0 aliphatic heterocycles. The lowest BCUT2D eigenvalue weighted by Gasteiger charge is -2.30. The average molecular weight is 298 g/mol. The molecule has 1 saturated carbocycles. The van der Waals surface area contributed by atoms with Crippen molar-refractivity contribution in [2.75, 3.05) is 0 Å². The Labute approximate surface area is 120 Å². The quantitative estimate of drug-likeness (QED) is 0.924. The predicted molar refractivity (Wildman–Crippen MR) is 75.8 cm³/mol. The molecule has 0 radical (unpaired) electrons. The van der Waals surface area contributed by atoms with Gasteiger partial charge < -0.3 is 5.11 Å². The molecule has 1 fully saturated rings. The van der Waals surface area contributed by atoms with Gasteiger partial charge >= 0.3 is 5.97 Å². The molecule has 110 valence electrons. The Morgan fingerprint density at radius 1 is 1.40 bits per heavy atom. The molecule has 5 heteroatoms. The van der Waals surface area contributed by atoms with Gasteiger partial charge in [0, 0.05) is 5.25 Å². The molecular formula is C15H19FO3S. The molecule has 3 atom stereocenters. The van der Waals surface area contributed by atoms with Gasteiger partial charge in [-0.1, -0.05) is 26.2 Å². The zero-order chi connectivity index (χ0) is 14.7. The van der Waals surface area contributed by atoms with Gasteiger partial charge in [-0.05, 0) is 37.0 Å². The summed E-state index contributed by atoms with van der Waals surface area (Å²) in [5, 5.41) is 8.91. The Hall–Kier alpha value is -1.23. The molecule has 3 nitrogen and oxygen atoms in total. The van der Waals surface area contributed by atoms with Crippen molar-refractivity contribution in [1.82, 2.24) is 0 Å². The number of hydrogen-bond donors (Lipinski definition) is 1. The van der Waals surface area contributed by atoms with Crippen LogP contribution in [0.5, 0.6) is 0 Å². The third-order valence-electron chi connectivity index (χ3n) is 4.03. The summed E-state index contributed by atoms with van der Waals surface area (Å²) in [4.78, 5) is 11.0. The number of carbonyl (C=O) groups is 1. The lowest BCUT2D eigenvalue weighted by molar-refractivity contribution is 0.0696. The fraction of sp³-hybridized carbons (Fsp3) is 0.533. The highest BCUT2D eigenvalue weighted by Gasteiger charge is 2.31. The van der Waals surface area contributed by atoms with E-state index in [0.717, 1.165) is 38.2 Å². The number of hydrogen-bond acceptors (Lipinski definition) is 2. The molecule has 20 heavy (non-hydrogen) atoms. The minimum Gasteiger partial charge on any atom is -0.478 e. The maximum atomic E-state index is 13.9. The molecule has 1 aromatic rings. The summed E-state index contributed by atoms with van der Waals surface area (Å²) in [6.07, 6.45) is 4.91. The minimum absolute atomic E-state index is 0.0152. The lowest BCUT2D eigenvalue weighted by Crippen LogP contribution is -2.29. The lowest BCUT2D eigenvalue weighted by atomic mass is 9.87. The van der Waals surface area contributed by atoms with Crippen LogP contribution in [-0.2, 0) is 10.8 Å². The van der Waals surface area contributed by atoms with Gasteiger partial charge in [0.25, 0.3) is 0 Å². The van der Waals surface area contributed by atoms with Crippen LogP contribution in [0.25, 0.3) is 0 Å². The first kappa shape index (κ1) is 15.2. The molecule has 0 saturated heterocycles.